The zero-order valence-corrected chi connectivity index (χ0v) is 29.5. The quantitative estimate of drug-likeness (QED) is 0.142. The average molecular weight is 614 g/mol. The van der Waals surface area contributed by atoms with Crippen molar-refractivity contribution in [3.8, 4) is 0 Å². The highest BCUT2D eigenvalue weighted by molar-refractivity contribution is 5.77. The van der Waals surface area contributed by atoms with Crippen molar-refractivity contribution in [1.29, 1.82) is 0 Å². The van der Waals surface area contributed by atoms with Crippen molar-refractivity contribution in [2.24, 2.45) is 34.5 Å². The van der Waals surface area contributed by atoms with Crippen molar-refractivity contribution in [2.45, 2.75) is 181 Å². The molecule has 0 radical (unpaired) electrons. The maximum absolute atomic E-state index is 12.7. The Kier molecular flexibility index (Phi) is 14.2. The SMILES string of the molecule is CCCCCCCCCCCCCCCCCCNC(=O)NCC1CC[C@H]2[C@@H]3CCC4N(C)C(=O)CC[C@]4(C)[C@@H]3CC[C@]12C. The molecule has 4 rings (SSSR count). The molecule has 3 saturated carbocycles. The number of unbranched alkanes of at least 4 members (excludes halogenated alkanes) is 15. The van der Waals surface area contributed by atoms with E-state index in [-0.39, 0.29) is 11.4 Å². The number of fused-ring (bicyclic) bond motifs is 5. The average Bonchev–Trinajstić information content (AvgIpc) is 3.36. The zero-order chi connectivity index (χ0) is 31.4. The molecule has 44 heavy (non-hydrogen) atoms. The Morgan fingerprint density at radius 3 is 1.89 bits per heavy atom. The summed E-state index contributed by atoms with van der Waals surface area (Å²) in [6, 6.07) is 0.473. The van der Waals surface area contributed by atoms with Gasteiger partial charge in [-0.05, 0) is 85.9 Å². The number of likely N-dealkylation sites (tertiary alicyclic amines) is 1. The minimum absolute atomic E-state index is 0.0367. The molecule has 0 aromatic rings. The summed E-state index contributed by atoms with van der Waals surface area (Å²) in [4.78, 5) is 27.2. The Hall–Kier alpha value is -1.26. The van der Waals surface area contributed by atoms with E-state index in [1.165, 1.54) is 135 Å². The molecule has 5 nitrogen and oxygen atoms in total. The highest BCUT2D eigenvalue weighted by atomic mass is 16.2. The Morgan fingerprint density at radius 1 is 0.705 bits per heavy atom. The van der Waals surface area contributed by atoms with Gasteiger partial charge in [-0.3, -0.25) is 4.79 Å². The van der Waals surface area contributed by atoms with Gasteiger partial charge in [-0.15, -0.1) is 0 Å². The molecule has 4 fully saturated rings. The molecule has 0 aromatic heterocycles. The molecule has 2 unspecified atom stereocenters. The summed E-state index contributed by atoms with van der Waals surface area (Å²) < 4.78 is 0. The van der Waals surface area contributed by atoms with Crippen LogP contribution in [0.25, 0.3) is 0 Å². The molecule has 0 bridgehead atoms. The minimum Gasteiger partial charge on any atom is -0.342 e. The molecule has 254 valence electrons. The molecule has 3 amide bonds. The van der Waals surface area contributed by atoms with E-state index in [9.17, 15) is 9.59 Å². The van der Waals surface area contributed by atoms with Gasteiger partial charge in [0.1, 0.15) is 0 Å². The summed E-state index contributed by atoms with van der Waals surface area (Å²) in [6.07, 6.45) is 31.4. The number of carbonyl (C=O) groups is 2. The highest BCUT2D eigenvalue weighted by Gasteiger charge is 2.61. The van der Waals surface area contributed by atoms with Gasteiger partial charge in [-0.2, -0.15) is 0 Å². The van der Waals surface area contributed by atoms with Crippen LogP contribution in [0.2, 0.25) is 0 Å². The largest absolute Gasteiger partial charge is 0.342 e. The van der Waals surface area contributed by atoms with E-state index in [1.807, 2.05) is 0 Å². The fraction of sp³-hybridized carbons (Fsp3) is 0.949. The molecular weight excluding hydrogens is 542 g/mol. The van der Waals surface area contributed by atoms with Gasteiger partial charge in [-0.1, -0.05) is 117 Å². The third-order valence-electron chi connectivity index (χ3n) is 13.6. The van der Waals surface area contributed by atoms with Crippen LogP contribution in [0.4, 0.5) is 4.79 Å². The van der Waals surface area contributed by atoms with E-state index >= 15 is 0 Å². The molecular formula is C39H71N3O2. The predicted octanol–water partition coefficient (Wildman–Crippen LogP) is 10.0. The Bertz CT molecular complexity index is 877. The number of urea groups is 1. The van der Waals surface area contributed by atoms with Gasteiger partial charge in [0.05, 0.1) is 0 Å². The van der Waals surface area contributed by atoms with Crippen molar-refractivity contribution >= 4 is 11.9 Å². The number of hydrogen-bond donors (Lipinski definition) is 2. The number of nitrogens with one attached hydrogen (secondary N) is 2. The Balaban J connectivity index is 1.02. The molecule has 0 aromatic carbocycles. The van der Waals surface area contributed by atoms with Crippen molar-refractivity contribution in [2.75, 3.05) is 20.1 Å². The minimum atomic E-state index is 0.0367. The van der Waals surface area contributed by atoms with Crippen LogP contribution in [0.15, 0.2) is 0 Å². The molecule has 0 spiro atoms. The van der Waals surface area contributed by atoms with Crippen molar-refractivity contribution < 1.29 is 9.59 Å². The van der Waals surface area contributed by atoms with Gasteiger partial charge >= 0.3 is 6.03 Å². The lowest BCUT2D eigenvalue weighted by molar-refractivity contribution is -0.158. The fourth-order valence-electron chi connectivity index (χ4n) is 10.7. The number of nitrogens with zero attached hydrogens (tertiary/aromatic N) is 1. The number of hydrogen-bond acceptors (Lipinski definition) is 2. The number of amides is 3. The first kappa shape index (κ1) is 35.6. The van der Waals surface area contributed by atoms with Crippen molar-refractivity contribution in [3.63, 3.8) is 0 Å². The molecule has 7 atom stereocenters. The second-order valence-electron chi connectivity index (χ2n) is 16.2. The summed E-state index contributed by atoms with van der Waals surface area (Å²) in [5.41, 5.74) is 0.637. The van der Waals surface area contributed by atoms with Gasteiger partial charge in [0.15, 0.2) is 0 Å². The van der Waals surface area contributed by atoms with Gasteiger partial charge in [-0.25, -0.2) is 4.79 Å². The molecule has 2 N–H and O–H groups in total. The van der Waals surface area contributed by atoms with E-state index in [0.717, 1.165) is 50.1 Å². The second kappa shape index (κ2) is 17.6. The van der Waals surface area contributed by atoms with Gasteiger partial charge in [0, 0.05) is 32.6 Å². The third-order valence-corrected chi connectivity index (χ3v) is 13.6. The molecule has 5 heteroatoms. The summed E-state index contributed by atoms with van der Waals surface area (Å²) in [5, 5.41) is 6.43. The van der Waals surface area contributed by atoms with Crippen LogP contribution in [0, 0.1) is 34.5 Å². The van der Waals surface area contributed by atoms with Gasteiger partial charge < -0.3 is 15.5 Å². The van der Waals surface area contributed by atoms with E-state index < -0.39 is 0 Å². The van der Waals surface area contributed by atoms with Crippen LogP contribution in [0.1, 0.15) is 175 Å². The Morgan fingerprint density at radius 2 is 1.27 bits per heavy atom. The van der Waals surface area contributed by atoms with Crippen molar-refractivity contribution in [3.05, 3.63) is 0 Å². The lowest BCUT2D eigenvalue weighted by atomic mass is 9.47. The van der Waals surface area contributed by atoms with Crippen molar-refractivity contribution in [1.82, 2.24) is 15.5 Å². The number of piperidine rings is 1. The summed E-state index contributed by atoms with van der Waals surface area (Å²) in [7, 11) is 2.06. The zero-order valence-electron chi connectivity index (χ0n) is 29.5. The van der Waals surface area contributed by atoms with Crippen LogP contribution in [0.3, 0.4) is 0 Å². The van der Waals surface area contributed by atoms with Gasteiger partial charge in [0.25, 0.3) is 0 Å². The van der Waals surface area contributed by atoms with Crippen LogP contribution in [-0.4, -0.2) is 43.0 Å². The van der Waals surface area contributed by atoms with E-state index in [2.05, 4.69) is 43.4 Å². The van der Waals surface area contributed by atoms with Crippen LogP contribution in [-0.2, 0) is 4.79 Å². The topological polar surface area (TPSA) is 61.4 Å². The van der Waals surface area contributed by atoms with E-state index in [4.69, 9.17) is 0 Å². The van der Waals surface area contributed by atoms with E-state index in [0.29, 0.717) is 23.3 Å². The Labute approximate surface area is 272 Å². The van der Waals surface area contributed by atoms with Crippen LogP contribution in [0.5, 0.6) is 0 Å². The maximum Gasteiger partial charge on any atom is 0.314 e. The third kappa shape index (κ3) is 8.96. The summed E-state index contributed by atoms with van der Waals surface area (Å²) >= 11 is 0. The number of carbonyl (C=O) groups excluding carboxylic acids is 2. The summed E-state index contributed by atoms with van der Waals surface area (Å²) in [6.45, 7) is 8.98. The summed E-state index contributed by atoms with van der Waals surface area (Å²) in [5.74, 6) is 3.28. The highest BCUT2D eigenvalue weighted by Crippen LogP contribution is 2.66. The molecule has 1 saturated heterocycles. The fourth-order valence-corrected chi connectivity index (χ4v) is 10.7. The van der Waals surface area contributed by atoms with Gasteiger partial charge in [0.2, 0.25) is 5.91 Å². The lowest BCUT2D eigenvalue weighted by Crippen LogP contribution is -2.61. The molecule has 1 aliphatic heterocycles. The number of rotatable bonds is 19. The standard InChI is InChI=1S/C39H71N3O2/c1-5-6-7-8-9-10-11-12-13-14-15-16-17-18-19-20-29-40-37(44)41-30-31-21-23-33-32-22-24-35-39(3,28-26-36(43)42(35)4)34(32)25-27-38(31,33)2/h31-35H,5-30H2,1-4H3,(H2,40,41,44)/t31?,32-,33-,34+,35?,38+,39+/m0/s1. The van der Waals surface area contributed by atoms with Crippen LogP contribution < -0.4 is 10.6 Å². The first-order valence-corrected chi connectivity index (χ1v) is 19.6. The molecule has 4 aliphatic rings. The molecule has 3 aliphatic carbocycles. The second-order valence-corrected chi connectivity index (χ2v) is 16.2. The normalized spacial score (nSPS) is 33.0. The molecule has 1 heterocycles. The first-order valence-electron chi connectivity index (χ1n) is 19.6. The van der Waals surface area contributed by atoms with E-state index in [1.54, 1.807) is 0 Å². The van der Waals surface area contributed by atoms with Crippen LogP contribution >= 0.6 is 0 Å². The predicted molar refractivity (Wildman–Crippen MR) is 185 cm³/mol. The smallest absolute Gasteiger partial charge is 0.314 e. The lowest BCUT2D eigenvalue weighted by Gasteiger charge is -2.61. The first-order chi connectivity index (χ1) is 21.3. The monoisotopic (exact) mass is 614 g/mol. The maximum atomic E-state index is 12.7.